The first kappa shape index (κ1) is 17.0. The molecular weight excluding hydrogens is 281 g/mol. The predicted octanol–water partition coefficient (Wildman–Crippen LogP) is 0.744. The lowest BCUT2D eigenvalue weighted by atomic mass is 10.1. The molecule has 0 radical (unpaired) electrons. The molecule has 1 aromatic rings. The SMILES string of the molecule is CNCCCN(C)S(=O)(=O)NCCc1ccccc1F. The molecule has 0 aliphatic heterocycles. The van der Waals surface area contributed by atoms with E-state index in [9.17, 15) is 12.8 Å². The van der Waals surface area contributed by atoms with E-state index < -0.39 is 10.2 Å². The lowest BCUT2D eigenvalue weighted by Crippen LogP contribution is -2.40. The molecule has 1 aromatic carbocycles. The van der Waals surface area contributed by atoms with Crippen molar-refractivity contribution in [3.63, 3.8) is 0 Å². The minimum atomic E-state index is -3.49. The van der Waals surface area contributed by atoms with Gasteiger partial charge in [0.2, 0.25) is 0 Å². The van der Waals surface area contributed by atoms with E-state index >= 15 is 0 Å². The number of benzene rings is 1. The van der Waals surface area contributed by atoms with E-state index in [0.717, 1.165) is 13.0 Å². The fourth-order valence-corrected chi connectivity index (χ4v) is 2.67. The Labute approximate surface area is 120 Å². The number of halogens is 1. The summed E-state index contributed by atoms with van der Waals surface area (Å²) in [6, 6.07) is 6.36. The molecule has 2 N–H and O–H groups in total. The molecule has 0 atom stereocenters. The Kier molecular flexibility index (Phi) is 7.08. The van der Waals surface area contributed by atoms with Crippen LogP contribution in [-0.2, 0) is 16.6 Å². The molecule has 0 saturated heterocycles. The summed E-state index contributed by atoms with van der Waals surface area (Å²) in [5, 5.41) is 2.96. The van der Waals surface area contributed by atoms with Gasteiger partial charge in [-0.1, -0.05) is 18.2 Å². The molecule has 114 valence electrons. The normalized spacial score (nSPS) is 12.0. The maximum atomic E-state index is 13.4. The van der Waals surface area contributed by atoms with E-state index in [4.69, 9.17) is 0 Å². The van der Waals surface area contributed by atoms with Gasteiger partial charge in [0.25, 0.3) is 10.2 Å². The molecule has 20 heavy (non-hydrogen) atoms. The van der Waals surface area contributed by atoms with Crippen molar-refractivity contribution in [1.29, 1.82) is 0 Å². The Morgan fingerprint density at radius 1 is 1.25 bits per heavy atom. The van der Waals surface area contributed by atoms with Crippen LogP contribution in [0.5, 0.6) is 0 Å². The molecular formula is C13H22FN3O2S. The molecule has 0 fully saturated rings. The van der Waals surface area contributed by atoms with Crippen LogP contribution >= 0.6 is 0 Å². The topological polar surface area (TPSA) is 61.4 Å². The maximum absolute atomic E-state index is 13.4. The van der Waals surface area contributed by atoms with Gasteiger partial charge >= 0.3 is 0 Å². The van der Waals surface area contributed by atoms with Crippen LogP contribution in [-0.4, -0.2) is 46.5 Å². The molecule has 0 spiro atoms. The second-order valence-corrected chi connectivity index (χ2v) is 6.38. The molecule has 5 nitrogen and oxygen atoms in total. The van der Waals surface area contributed by atoms with Crippen LogP contribution in [0.25, 0.3) is 0 Å². The van der Waals surface area contributed by atoms with E-state index in [-0.39, 0.29) is 12.4 Å². The molecule has 0 saturated carbocycles. The second-order valence-electron chi connectivity index (χ2n) is 4.52. The highest BCUT2D eigenvalue weighted by atomic mass is 32.2. The quantitative estimate of drug-likeness (QED) is 0.662. The Bertz CT molecular complexity index is 508. The molecule has 0 unspecified atom stereocenters. The number of hydrogen-bond donors (Lipinski definition) is 2. The number of nitrogens with zero attached hydrogens (tertiary/aromatic N) is 1. The van der Waals surface area contributed by atoms with E-state index in [0.29, 0.717) is 18.5 Å². The molecule has 0 heterocycles. The van der Waals surface area contributed by atoms with Crippen LogP contribution in [0, 0.1) is 5.82 Å². The molecule has 0 amide bonds. The summed E-state index contributed by atoms with van der Waals surface area (Å²) in [6.07, 6.45) is 1.07. The number of rotatable bonds is 9. The van der Waals surface area contributed by atoms with Gasteiger partial charge in [-0.3, -0.25) is 0 Å². The first-order valence-electron chi connectivity index (χ1n) is 6.56. The maximum Gasteiger partial charge on any atom is 0.279 e. The van der Waals surface area contributed by atoms with Crippen LogP contribution < -0.4 is 10.0 Å². The van der Waals surface area contributed by atoms with Crippen molar-refractivity contribution in [1.82, 2.24) is 14.3 Å². The van der Waals surface area contributed by atoms with Crippen molar-refractivity contribution in [2.75, 3.05) is 33.7 Å². The third kappa shape index (κ3) is 5.54. The van der Waals surface area contributed by atoms with Gasteiger partial charge in [-0.25, -0.2) is 9.11 Å². The fourth-order valence-electron chi connectivity index (χ4n) is 1.72. The first-order chi connectivity index (χ1) is 9.47. The van der Waals surface area contributed by atoms with Gasteiger partial charge in [0.15, 0.2) is 0 Å². The molecule has 0 aliphatic rings. The van der Waals surface area contributed by atoms with Crippen molar-refractivity contribution in [2.45, 2.75) is 12.8 Å². The van der Waals surface area contributed by atoms with E-state index in [2.05, 4.69) is 10.0 Å². The number of hydrogen-bond acceptors (Lipinski definition) is 3. The highest BCUT2D eigenvalue weighted by molar-refractivity contribution is 7.87. The van der Waals surface area contributed by atoms with Crippen molar-refractivity contribution < 1.29 is 12.8 Å². The average Bonchev–Trinajstić information content (AvgIpc) is 2.41. The summed E-state index contributed by atoms with van der Waals surface area (Å²) in [4.78, 5) is 0. The summed E-state index contributed by atoms with van der Waals surface area (Å²) in [5.41, 5.74) is 0.507. The van der Waals surface area contributed by atoms with E-state index in [1.165, 1.54) is 17.4 Å². The highest BCUT2D eigenvalue weighted by Crippen LogP contribution is 2.06. The van der Waals surface area contributed by atoms with Gasteiger partial charge in [-0.05, 0) is 38.1 Å². The Balaban J connectivity index is 2.41. The lowest BCUT2D eigenvalue weighted by molar-refractivity contribution is 0.448. The zero-order valence-electron chi connectivity index (χ0n) is 11.9. The molecule has 7 heteroatoms. The van der Waals surface area contributed by atoms with Crippen LogP contribution in [0.15, 0.2) is 24.3 Å². The number of nitrogens with one attached hydrogen (secondary N) is 2. The predicted molar refractivity (Wildman–Crippen MR) is 78.2 cm³/mol. The average molecular weight is 303 g/mol. The van der Waals surface area contributed by atoms with Crippen molar-refractivity contribution in [2.24, 2.45) is 0 Å². The van der Waals surface area contributed by atoms with Crippen LogP contribution in [0.2, 0.25) is 0 Å². The third-order valence-electron chi connectivity index (χ3n) is 2.95. The standard InChI is InChI=1S/C13H22FN3O2S/c1-15-9-5-11-17(2)20(18,19)16-10-8-12-6-3-4-7-13(12)14/h3-4,6-7,15-16H,5,8-11H2,1-2H3. The molecule has 1 rings (SSSR count). The van der Waals surface area contributed by atoms with Crippen molar-refractivity contribution in [3.8, 4) is 0 Å². The van der Waals surface area contributed by atoms with Crippen molar-refractivity contribution >= 4 is 10.2 Å². The van der Waals surface area contributed by atoms with Crippen LogP contribution in [0.1, 0.15) is 12.0 Å². The minimum Gasteiger partial charge on any atom is -0.320 e. The summed E-state index contributed by atoms with van der Waals surface area (Å²) < 4.78 is 40.9. The van der Waals surface area contributed by atoms with E-state index in [1.54, 1.807) is 18.2 Å². The van der Waals surface area contributed by atoms with Crippen LogP contribution in [0.3, 0.4) is 0 Å². The Morgan fingerprint density at radius 3 is 2.60 bits per heavy atom. The smallest absolute Gasteiger partial charge is 0.279 e. The van der Waals surface area contributed by atoms with E-state index in [1.807, 2.05) is 7.05 Å². The van der Waals surface area contributed by atoms with Gasteiger partial charge in [0.05, 0.1) is 0 Å². The minimum absolute atomic E-state index is 0.180. The molecule has 0 aliphatic carbocycles. The van der Waals surface area contributed by atoms with Gasteiger partial charge in [-0.2, -0.15) is 12.7 Å². The van der Waals surface area contributed by atoms with Gasteiger partial charge < -0.3 is 5.32 Å². The fraction of sp³-hybridized carbons (Fsp3) is 0.538. The molecule has 0 bridgehead atoms. The van der Waals surface area contributed by atoms with Gasteiger partial charge in [-0.15, -0.1) is 0 Å². The highest BCUT2D eigenvalue weighted by Gasteiger charge is 2.16. The summed E-state index contributed by atoms with van der Waals surface area (Å²) in [6.45, 7) is 1.38. The summed E-state index contributed by atoms with van der Waals surface area (Å²) in [5.74, 6) is -0.311. The zero-order chi connectivity index (χ0) is 15.0. The largest absolute Gasteiger partial charge is 0.320 e. The summed E-state index contributed by atoms with van der Waals surface area (Å²) >= 11 is 0. The van der Waals surface area contributed by atoms with Crippen molar-refractivity contribution in [3.05, 3.63) is 35.6 Å². The summed E-state index contributed by atoms with van der Waals surface area (Å²) in [7, 11) is -0.141. The van der Waals surface area contributed by atoms with Crippen LogP contribution in [0.4, 0.5) is 4.39 Å². The first-order valence-corrected chi connectivity index (χ1v) is 8.00. The second kappa shape index (κ2) is 8.31. The zero-order valence-corrected chi connectivity index (χ0v) is 12.7. The lowest BCUT2D eigenvalue weighted by Gasteiger charge is -2.17. The molecule has 0 aromatic heterocycles. The van der Waals surface area contributed by atoms with Gasteiger partial charge in [0, 0.05) is 20.1 Å². The Morgan fingerprint density at radius 2 is 1.95 bits per heavy atom. The monoisotopic (exact) mass is 303 g/mol. The van der Waals surface area contributed by atoms with Gasteiger partial charge in [0.1, 0.15) is 5.82 Å². The third-order valence-corrected chi connectivity index (χ3v) is 4.52. The Hall–Kier alpha value is -1.02.